The van der Waals surface area contributed by atoms with Crippen molar-refractivity contribution in [3.05, 3.63) is 29.8 Å². The van der Waals surface area contributed by atoms with Gasteiger partial charge >= 0.3 is 5.97 Å². The maximum Gasteiger partial charge on any atom is 0.307 e. The van der Waals surface area contributed by atoms with Gasteiger partial charge < -0.3 is 5.11 Å². The number of carbonyl (C=O) groups excluding carboxylic acids is 1. The van der Waals surface area contributed by atoms with Gasteiger partial charge in [-0.25, -0.2) is 13.1 Å². The molecule has 0 saturated carbocycles. The lowest BCUT2D eigenvalue weighted by Gasteiger charge is -2.11. The Kier molecular flexibility index (Phi) is 5.41. The van der Waals surface area contributed by atoms with Crippen molar-refractivity contribution in [1.29, 1.82) is 0 Å². The van der Waals surface area contributed by atoms with Crippen molar-refractivity contribution in [2.45, 2.75) is 25.2 Å². The van der Waals surface area contributed by atoms with Crippen LogP contribution < -0.4 is 4.72 Å². The van der Waals surface area contributed by atoms with Gasteiger partial charge in [-0.15, -0.1) is 0 Å². The predicted molar refractivity (Wildman–Crippen MR) is 73.1 cm³/mol. The molecule has 2 N–H and O–H groups in total. The second-order valence-electron chi connectivity index (χ2n) is 4.38. The summed E-state index contributed by atoms with van der Waals surface area (Å²) in [6.07, 6.45) is 0.334. The molecule has 0 amide bonds. The first kappa shape index (κ1) is 16.3. The van der Waals surface area contributed by atoms with Crippen LogP contribution >= 0.6 is 0 Å². The van der Waals surface area contributed by atoms with E-state index in [0.717, 1.165) is 0 Å². The molecule has 0 heterocycles. The van der Waals surface area contributed by atoms with E-state index in [1.807, 2.05) is 0 Å². The van der Waals surface area contributed by atoms with Gasteiger partial charge in [0.15, 0.2) is 5.78 Å². The van der Waals surface area contributed by atoms with E-state index >= 15 is 0 Å². The fourth-order valence-corrected chi connectivity index (χ4v) is 2.65. The number of ketones is 1. The number of hydrogen-bond donors (Lipinski definition) is 2. The fourth-order valence-electron chi connectivity index (χ4n) is 1.57. The molecule has 7 heteroatoms. The molecule has 0 aliphatic carbocycles. The van der Waals surface area contributed by atoms with Gasteiger partial charge in [0.2, 0.25) is 10.0 Å². The largest absolute Gasteiger partial charge is 0.481 e. The maximum absolute atomic E-state index is 12.0. The van der Waals surface area contributed by atoms with Crippen LogP contribution in [0.3, 0.4) is 0 Å². The van der Waals surface area contributed by atoms with Gasteiger partial charge in [0.05, 0.1) is 10.8 Å². The summed E-state index contributed by atoms with van der Waals surface area (Å²) in [6, 6.07) is 5.48. The predicted octanol–water partition coefficient (Wildman–Crippen LogP) is 1.28. The molecule has 1 rings (SSSR count). The Morgan fingerprint density at radius 1 is 1.25 bits per heavy atom. The van der Waals surface area contributed by atoms with Gasteiger partial charge in [0, 0.05) is 12.1 Å². The molecule has 0 radical (unpaired) electrons. The van der Waals surface area contributed by atoms with Gasteiger partial charge in [-0.3, -0.25) is 9.59 Å². The summed E-state index contributed by atoms with van der Waals surface area (Å²) in [6.45, 7) is 2.90. The van der Waals surface area contributed by atoms with Crippen LogP contribution in [0.25, 0.3) is 0 Å². The van der Waals surface area contributed by atoms with E-state index in [0.29, 0.717) is 12.0 Å². The summed E-state index contributed by atoms with van der Waals surface area (Å²) in [5, 5.41) is 8.87. The maximum atomic E-state index is 12.0. The molecule has 0 aliphatic heterocycles. The van der Waals surface area contributed by atoms with Gasteiger partial charge in [-0.1, -0.05) is 19.1 Å². The number of nitrogens with one attached hydrogen (secondary N) is 1. The molecular formula is C13H17NO5S. The molecule has 110 valence electrons. The first-order valence-corrected chi connectivity index (χ1v) is 7.59. The minimum absolute atomic E-state index is 0.00254. The lowest BCUT2D eigenvalue weighted by atomic mass is 10.1. The summed E-state index contributed by atoms with van der Waals surface area (Å²) >= 11 is 0. The van der Waals surface area contributed by atoms with Crippen molar-refractivity contribution in [2.75, 3.05) is 6.54 Å². The summed E-state index contributed by atoms with van der Waals surface area (Å²) in [5.41, 5.74) is 0.418. The van der Waals surface area contributed by atoms with Crippen molar-refractivity contribution in [1.82, 2.24) is 4.72 Å². The highest BCUT2D eigenvalue weighted by Crippen LogP contribution is 2.12. The molecule has 0 aromatic heterocycles. The minimum atomic E-state index is -3.77. The van der Waals surface area contributed by atoms with E-state index < -0.39 is 21.9 Å². The van der Waals surface area contributed by atoms with Gasteiger partial charge in [0.1, 0.15) is 0 Å². The molecule has 6 nitrogen and oxygen atoms in total. The zero-order valence-electron chi connectivity index (χ0n) is 11.3. The third-order valence-corrected chi connectivity index (χ3v) is 4.37. The smallest absolute Gasteiger partial charge is 0.307 e. The number of sulfonamides is 1. The molecule has 1 aromatic rings. The second kappa shape index (κ2) is 6.62. The highest BCUT2D eigenvalue weighted by Gasteiger charge is 2.20. The first-order valence-electron chi connectivity index (χ1n) is 6.11. The van der Waals surface area contributed by atoms with Crippen LogP contribution in [0, 0.1) is 5.92 Å². The Bertz CT molecular complexity index is 592. The number of hydrogen-bond acceptors (Lipinski definition) is 4. The minimum Gasteiger partial charge on any atom is -0.481 e. The first-order chi connectivity index (χ1) is 9.27. The Balaban J connectivity index is 2.83. The van der Waals surface area contributed by atoms with Crippen LogP contribution in [0.2, 0.25) is 0 Å². The Labute approximate surface area is 117 Å². The number of carboxylic acid groups (broad SMARTS) is 1. The molecule has 0 fully saturated rings. The zero-order valence-corrected chi connectivity index (χ0v) is 12.1. The molecule has 0 aliphatic rings. The molecule has 0 saturated heterocycles. The molecule has 1 atom stereocenters. The normalized spacial score (nSPS) is 12.9. The van der Waals surface area contributed by atoms with Crippen LogP contribution in [0.5, 0.6) is 0 Å². The number of carbonyl (C=O) groups is 2. The number of carboxylic acids is 1. The van der Waals surface area contributed by atoms with E-state index in [-0.39, 0.29) is 17.2 Å². The topological polar surface area (TPSA) is 101 Å². The Hall–Kier alpha value is -1.73. The molecule has 0 bridgehead atoms. The SMILES string of the molecule is CCC(CNS(=O)(=O)c1ccc(C(C)=O)cc1)C(=O)O. The van der Waals surface area contributed by atoms with E-state index in [1.54, 1.807) is 6.92 Å². The molecule has 1 unspecified atom stereocenters. The molecule has 0 spiro atoms. The number of benzene rings is 1. The van der Waals surface area contributed by atoms with Crippen molar-refractivity contribution in [3.8, 4) is 0 Å². The fraction of sp³-hybridized carbons (Fsp3) is 0.385. The van der Waals surface area contributed by atoms with Gasteiger partial charge in [-0.2, -0.15) is 0 Å². The number of aliphatic carboxylic acids is 1. The highest BCUT2D eigenvalue weighted by atomic mass is 32.2. The quantitative estimate of drug-likeness (QED) is 0.739. The van der Waals surface area contributed by atoms with Crippen molar-refractivity contribution < 1.29 is 23.1 Å². The average molecular weight is 299 g/mol. The van der Waals surface area contributed by atoms with Gasteiger partial charge in [-0.05, 0) is 25.5 Å². The average Bonchev–Trinajstić information content (AvgIpc) is 2.39. The van der Waals surface area contributed by atoms with E-state index in [9.17, 15) is 18.0 Å². The van der Waals surface area contributed by atoms with E-state index in [4.69, 9.17) is 5.11 Å². The van der Waals surface area contributed by atoms with E-state index in [1.165, 1.54) is 31.2 Å². The van der Waals surface area contributed by atoms with Crippen LogP contribution in [0.1, 0.15) is 30.6 Å². The number of Topliss-reactive ketones (excluding diaryl/α,β-unsaturated/α-hetero) is 1. The Morgan fingerprint density at radius 3 is 2.20 bits per heavy atom. The van der Waals surface area contributed by atoms with Gasteiger partial charge in [0.25, 0.3) is 0 Å². The highest BCUT2D eigenvalue weighted by molar-refractivity contribution is 7.89. The van der Waals surface area contributed by atoms with E-state index in [2.05, 4.69) is 4.72 Å². The summed E-state index contributed by atoms with van der Waals surface area (Å²) in [7, 11) is -3.77. The van der Waals surface area contributed by atoms with Crippen molar-refractivity contribution in [2.24, 2.45) is 5.92 Å². The number of rotatable bonds is 7. The van der Waals surface area contributed by atoms with Crippen LogP contribution in [0.15, 0.2) is 29.2 Å². The third-order valence-electron chi connectivity index (χ3n) is 2.93. The molecule has 1 aromatic carbocycles. The lowest BCUT2D eigenvalue weighted by molar-refractivity contribution is -0.141. The monoisotopic (exact) mass is 299 g/mol. The third kappa shape index (κ3) is 4.14. The standard InChI is InChI=1S/C13H17NO5S/c1-3-10(13(16)17)8-14-20(18,19)12-6-4-11(5-7-12)9(2)15/h4-7,10,14H,3,8H2,1-2H3,(H,16,17). The van der Waals surface area contributed by atoms with Crippen LogP contribution in [-0.2, 0) is 14.8 Å². The van der Waals surface area contributed by atoms with Crippen LogP contribution in [-0.4, -0.2) is 31.8 Å². The summed E-state index contributed by atoms with van der Waals surface area (Å²) < 4.78 is 26.2. The molecular weight excluding hydrogens is 282 g/mol. The van der Waals surface area contributed by atoms with Crippen molar-refractivity contribution >= 4 is 21.8 Å². The zero-order chi connectivity index (χ0) is 15.3. The second-order valence-corrected chi connectivity index (χ2v) is 6.14. The Morgan fingerprint density at radius 2 is 1.80 bits per heavy atom. The molecule has 20 heavy (non-hydrogen) atoms. The lowest BCUT2D eigenvalue weighted by Crippen LogP contribution is -2.32. The van der Waals surface area contributed by atoms with Crippen molar-refractivity contribution in [3.63, 3.8) is 0 Å². The summed E-state index contributed by atoms with van der Waals surface area (Å²) in [4.78, 5) is 21.9. The van der Waals surface area contributed by atoms with Crippen LogP contribution in [0.4, 0.5) is 0 Å². The summed E-state index contributed by atoms with van der Waals surface area (Å²) in [5.74, 6) is -1.96.